The van der Waals surface area contributed by atoms with Gasteiger partial charge in [0.15, 0.2) is 6.10 Å². The van der Waals surface area contributed by atoms with Crippen LogP contribution in [-0.2, 0) is 52.3 Å². The Kier molecular flexibility index (Phi) is 8.60. The van der Waals surface area contributed by atoms with Gasteiger partial charge >= 0.3 is 23.9 Å². The van der Waals surface area contributed by atoms with Crippen LogP contribution in [0.4, 0.5) is 0 Å². The Morgan fingerprint density at radius 2 is 1.52 bits per heavy atom. The van der Waals surface area contributed by atoms with E-state index >= 15 is 0 Å². The van der Waals surface area contributed by atoms with E-state index < -0.39 is 54.8 Å². The summed E-state index contributed by atoms with van der Waals surface area (Å²) in [4.78, 5) is 45.9. The molecule has 0 radical (unpaired) electrons. The summed E-state index contributed by atoms with van der Waals surface area (Å²) in [6.45, 7) is 4.11. The summed E-state index contributed by atoms with van der Waals surface area (Å²) in [6, 6.07) is 0. The second-order valence-corrected chi connectivity index (χ2v) is 5.59. The van der Waals surface area contributed by atoms with Gasteiger partial charge in [-0.3, -0.25) is 19.2 Å². The minimum atomic E-state index is -2.02. The van der Waals surface area contributed by atoms with Crippen LogP contribution >= 0.6 is 0 Å². The van der Waals surface area contributed by atoms with Crippen LogP contribution in [-0.4, -0.2) is 75.1 Å². The molecule has 0 amide bonds. The molecule has 0 aromatic heterocycles. The highest BCUT2D eigenvalue weighted by Crippen LogP contribution is 2.39. The predicted molar refractivity (Wildman–Crippen MR) is 84.9 cm³/mol. The molecule has 0 aromatic rings. The minimum absolute atomic E-state index is 0.0890. The molecule has 1 heterocycles. The predicted octanol–water partition coefficient (Wildman–Crippen LogP) is -0.308. The lowest BCUT2D eigenvalue weighted by Gasteiger charge is -2.35. The van der Waals surface area contributed by atoms with Gasteiger partial charge in [-0.1, -0.05) is 0 Å². The molecule has 1 rings (SSSR count). The number of hydrogen-bond acceptors (Lipinski definition) is 11. The molecule has 1 aliphatic heterocycles. The Bertz CT molecular complexity index is 561. The van der Waals surface area contributed by atoms with Crippen LogP contribution in [0.3, 0.4) is 0 Å². The van der Waals surface area contributed by atoms with E-state index in [1.807, 2.05) is 0 Å². The summed E-state index contributed by atoms with van der Waals surface area (Å²) >= 11 is 0. The number of methoxy groups -OCH3 is 1. The summed E-state index contributed by atoms with van der Waals surface area (Å²) in [7, 11) is 1.43. The fourth-order valence-electron chi connectivity index (χ4n) is 2.46. The molecule has 4 atom stereocenters. The van der Waals surface area contributed by atoms with E-state index in [4.69, 9.17) is 33.2 Å². The van der Waals surface area contributed by atoms with Crippen molar-refractivity contribution < 1.29 is 52.3 Å². The van der Waals surface area contributed by atoms with Gasteiger partial charge in [-0.05, 0) is 0 Å². The molecule has 0 N–H and O–H groups in total. The van der Waals surface area contributed by atoms with E-state index in [0.29, 0.717) is 0 Å². The van der Waals surface area contributed by atoms with Gasteiger partial charge in [-0.2, -0.15) is 0 Å². The van der Waals surface area contributed by atoms with Gasteiger partial charge in [0.1, 0.15) is 6.61 Å². The molecule has 0 aromatic carbocycles. The number of carbonyl (C=O) groups excluding carboxylic acids is 4. The molecule has 1 saturated heterocycles. The molecular formula is C16H24O11. The SMILES string of the molecule is COCCO[C@@]1(OC(C)=O)[C@@H](COC(C)=O)O[C@H](OC(C)=O)[C@@H]1OC(C)=O. The molecular weight excluding hydrogens is 368 g/mol. The highest BCUT2D eigenvalue weighted by atomic mass is 16.8. The highest BCUT2D eigenvalue weighted by Gasteiger charge is 2.65. The van der Waals surface area contributed by atoms with Crippen molar-refractivity contribution in [1.82, 2.24) is 0 Å². The summed E-state index contributed by atoms with van der Waals surface area (Å²) in [5.41, 5.74) is 0. The monoisotopic (exact) mass is 392 g/mol. The van der Waals surface area contributed by atoms with Crippen molar-refractivity contribution >= 4 is 23.9 Å². The molecule has 0 spiro atoms. The molecule has 0 saturated carbocycles. The maximum absolute atomic E-state index is 11.7. The Hall–Kier alpha value is -2.24. The number of carbonyl (C=O) groups is 4. The van der Waals surface area contributed by atoms with Crippen molar-refractivity contribution in [3.05, 3.63) is 0 Å². The first-order valence-electron chi connectivity index (χ1n) is 8.08. The third-order valence-corrected chi connectivity index (χ3v) is 3.32. The molecule has 0 unspecified atom stereocenters. The summed E-state index contributed by atoms with van der Waals surface area (Å²) < 4.78 is 36.6. The van der Waals surface area contributed by atoms with Crippen LogP contribution in [0.25, 0.3) is 0 Å². The van der Waals surface area contributed by atoms with Crippen LogP contribution in [0.2, 0.25) is 0 Å². The Morgan fingerprint density at radius 1 is 0.889 bits per heavy atom. The average molecular weight is 392 g/mol. The lowest BCUT2D eigenvalue weighted by atomic mass is 10.1. The fourth-order valence-corrected chi connectivity index (χ4v) is 2.46. The zero-order chi connectivity index (χ0) is 20.6. The van der Waals surface area contributed by atoms with Crippen molar-refractivity contribution in [2.24, 2.45) is 0 Å². The van der Waals surface area contributed by atoms with Gasteiger partial charge in [0, 0.05) is 34.8 Å². The maximum Gasteiger partial charge on any atom is 0.305 e. The van der Waals surface area contributed by atoms with Gasteiger partial charge < -0.3 is 33.2 Å². The standard InChI is InChI=1S/C16H24O11/c1-9(17)22-8-13-16(27-12(4)20,23-7-6-21-5)14(24-10(2)18)15(26-13)25-11(3)19/h13-15H,6-8H2,1-5H3/t13-,14+,15+,16-/m1/s1. The van der Waals surface area contributed by atoms with E-state index in [1.165, 1.54) is 14.0 Å². The molecule has 11 nitrogen and oxygen atoms in total. The van der Waals surface area contributed by atoms with E-state index in [-0.39, 0.29) is 13.2 Å². The van der Waals surface area contributed by atoms with Gasteiger partial charge in [0.05, 0.1) is 13.2 Å². The summed E-state index contributed by atoms with van der Waals surface area (Å²) in [5, 5.41) is 0. The lowest BCUT2D eigenvalue weighted by Crippen LogP contribution is -2.57. The molecule has 154 valence electrons. The molecule has 27 heavy (non-hydrogen) atoms. The number of ether oxygens (including phenoxy) is 7. The van der Waals surface area contributed by atoms with Crippen LogP contribution in [0.5, 0.6) is 0 Å². The van der Waals surface area contributed by atoms with Crippen molar-refractivity contribution in [3.8, 4) is 0 Å². The molecule has 11 heteroatoms. The normalized spacial score (nSPS) is 26.9. The topological polar surface area (TPSA) is 133 Å². The van der Waals surface area contributed by atoms with Gasteiger partial charge in [-0.15, -0.1) is 0 Å². The molecule has 1 aliphatic rings. The number of rotatable bonds is 9. The number of esters is 4. The first-order valence-corrected chi connectivity index (χ1v) is 8.08. The van der Waals surface area contributed by atoms with Crippen molar-refractivity contribution in [1.29, 1.82) is 0 Å². The van der Waals surface area contributed by atoms with Crippen LogP contribution in [0.15, 0.2) is 0 Å². The molecule has 0 bridgehead atoms. The van der Waals surface area contributed by atoms with Crippen molar-refractivity contribution in [2.75, 3.05) is 26.9 Å². The molecule has 0 aliphatic carbocycles. The van der Waals surface area contributed by atoms with Gasteiger partial charge in [-0.25, -0.2) is 0 Å². The first kappa shape index (κ1) is 22.8. The van der Waals surface area contributed by atoms with E-state index in [9.17, 15) is 19.2 Å². The lowest BCUT2D eigenvalue weighted by molar-refractivity contribution is -0.284. The third-order valence-electron chi connectivity index (χ3n) is 3.32. The van der Waals surface area contributed by atoms with E-state index in [0.717, 1.165) is 20.8 Å². The Labute approximate surface area is 156 Å². The van der Waals surface area contributed by atoms with Crippen molar-refractivity contribution in [2.45, 2.75) is 52.0 Å². The van der Waals surface area contributed by atoms with E-state index in [1.54, 1.807) is 0 Å². The van der Waals surface area contributed by atoms with Crippen LogP contribution < -0.4 is 0 Å². The van der Waals surface area contributed by atoms with Gasteiger partial charge in [0.25, 0.3) is 5.79 Å². The van der Waals surface area contributed by atoms with Crippen LogP contribution in [0, 0.1) is 0 Å². The zero-order valence-corrected chi connectivity index (χ0v) is 15.8. The summed E-state index contributed by atoms with van der Waals surface area (Å²) in [5.74, 6) is -4.94. The largest absolute Gasteiger partial charge is 0.463 e. The van der Waals surface area contributed by atoms with Gasteiger partial charge in [0.2, 0.25) is 12.4 Å². The van der Waals surface area contributed by atoms with Crippen LogP contribution in [0.1, 0.15) is 27.7 Å². The number of hydrogen-bond donors (Lipinski definition) is 0. The second-order valence-electron chi connectivity index (χ2n) is 5.59. The smallest absolute Gasteiger partial charge is 0.305 e. The Morgan fingerprint density at radius 3 is 2.00 bits per heavy atom. The minimum Gasteiger partial charge on any atom is -0.463 e. The first-order chi connectivity index (χ1) is 12.6. The zero-order valence-electron chi connectivity index (χ0n) is 15.8. The fraction of sp³-hybridized carbons (Fsp3) is 0.750. The second kappa shape index (κ2) is 10.2. The van der Waals surface area contributed by atoms with Crippen molar-refractivity contribution in [3.63, 3.8) is 0 Å². The van der Waals surface area contributed by atoms with E-state index in [2.05, 4.69) is 0 Å². The summed E-state index contributed by atoms with van der Waals surface area (Å²) in [6.07, 6.45) is -4.15. The average Bonchev–Trinajstić information content (AvgIpc) is 2.78. The third kappa shape index (κ3) is 6.45. The Balaban J connectivity index is 3.31. The quantitative estimate of drug-likeness (QED) is 0.221. The highest BCUT2D eigenvalue weighted by molar-refractivity contribution is 5.69. The molecule has 1 fully saturated rings. The maximum atomic E-state index is 11.7.